The van der Waals surface area contributed by atoms with Gasteiger partial charge in [-0.05, 0) is 32.0 Å². The normalized spacial score (nSPS) is 10.8. The van der Waals surface area contributed by atoms with Crippen LogP contribution in [0.3, 0.4) is 0 Å². The predicted molar refractivity (Wildman–Crippen MR) is 66.3 cm³/mol. The van der Waals surface area contributed by atoms with E-state index in [0.29, 0.717) is 6.67 Å². The lowest BCUT2D eigenvalue weighted by molar-refractivity contribution is 0.310. The quantitative estimate of drug-likeness (QED) is 0.427. The smallest absolute Gasteiger partial charge is 0.122 e. The van der Waals surface area contributed by atoms with Crippen molar-refractivity contribution < 1.29 is 4.74 Å². The SMILES string of the molecule is COc1ccc(C)cc1CCN(C)CNN. The zero-order valence-corrected chi connectivity index (χ0v) is 10.3. The standard InChI is InChI=1S/C12H21N3O/c1-10-4-5-12(16-3)11(8-10)6-7-15(2)9-14-13/h4-5,8,14H,6-7,9,13H2,1-3H3. The van der Waals surface area contributed by atoms with Gasteiger partial charge in [0.1, 0.15) is 5.75 Å². The monoisotopic (exact) mass is 223 g/mol. The fourth-order valence-corrected chi connectivity index (χ4v) is 1.65. The molecule has 0 radical (unpaired) electrons. The number of benzene rings is 1. The van der Waals surface area contributed by atoms with Gasteiger partial charge in [-0.3, -0.25) is 10.7 Å². The topological polar surface area (TPSA) is 50.5 Å². The van der Waals surface area contributed by atoms with Gasteiger partial charge in [0.15, 0.2) is 0 Å². The molecule has 4 nitrogen and oxygen atoms in total. The third kappa shape index (κ3) is 3.81. The van der Waals surface area contributed by atoms with Crippen molar-refractivity contribution in [1.82, 2.24) is 10.3 Å². The number of hydrogen-bond acceptors (Lipinski definition) is 4. The average Bonchev–Trinajstić information content (AvgIpc) is 2.27. The van der Waals surface area contributed by atoms with Crippen LogP contribution in [0.25, 0.3) is 0 Å². The minimum Gasteiger partial charge on any atom is -0.496 e. The predicted octanol–water partition coefficient (Wildman–Crippen LogP) is 0.899. The molecular formula is C12H21N3O. The van der Waals surface area contributed by atoms with Crippen molar-refractivity contribution in [3.8, 4) is 5.75 Å². The molecule has 0 saturated heterocycles. The summed E-state index contributed by atoms with van der Waals surface area (Å²) in [6.07, 6.45) is 0.961. The third-order valence-electron chi connectivity index (χ3n) is 2.56. The number of methoxy groups -OCH3 is 1. The second-order valence-electron chi connectivity index (χ2n) is 4.01. The van der Waals surface area contributed by atoms with E-state index >= 15 is 0 Å². The molecule has 0 aliphatic rings. The lowest BCUT2D eigenvalue weighted by Crippen LogP contribution is -2.36. The number of aryl methyl sites for hydroxylation is 1. The first kappa shape index (κ1) is 13.0. The van der Waals surface area contributed by atoms with E-state index in [2.05, 4.69) is 29.4 Å². The summed E-state index contributed by atoms with van der Waals surface area (Å²) in [5, 5.41) is 0. The summed E-state index contributed by atoms with van der Waals surface area (Å²) in [4.78, 5) is 2.13. The molecule has 0 amide bonds. The molecule has 0 atom stereocenters. The molecule has 0 saturated carbocycles. The molecule has 16 heavy (non-hydrogen) atoms. The second kappa shape index (κ2) is 6.48. The van der Waals surface area contributed by atoms with Crippen LogP contribution in [0, 0.1) is 6.92 Å². The number of hydrogen-bond donors (Lipinski definition) is 2. The van der Waals surface area contributed by atoms with Crippen molar-refractivity contribution in [2.45, 2.75) is 13.3 Å². The van der Waals surface area contributed by atoms with Gasteiger partial charge in [0.2, 0.25) is 0 Å². The highest BCUT2D eigenvalue weighted by Gasteiger charge is 2.04. The molecule has 0 bridgehead atoms. The molecule has 1 rings (SSSR count). The Kier molecular flexibility index (Phi) is 5.25. The van der Waals surface area contributed by atoms with Crippen molar-refractivity contribution in [3.05, 3.63) is 29.3 Å². The molecule has 0 aliphatic heterocycles. The Hall–Kier alpha value is -1.10. The second-order valence-corrected chi connectivity index (χ2v) is 4.01. The van der Waals surface area contributed by atoms with Gasteiger partial charge in [-0.15, -0.1) is 0 Å². The number of likely N-dealkylation sites (N-methyl/N-ethyl adjacent to an activating group) is 1. The molecule has 1 aromatic rings. The fourth-order valence-electron chi connectivity index (χ4n) is 1.65. The highest BCUT2D eigenvalue weighted by molar-refractivity contribution is 5.37. The molecule has 0 fully saturated rings. The molecule has 0 aliphatic carbocycles. The Morgan fingerprint density at radius 1 is 1.44 bits per heavy atom. The van der Waals surface area contributed by atoms with E-state index in [-0.39, 0.29) is 0 Å². The van der Waals surface area contributed by atoms with Crippen LogP contribution in [0.15, 0.2) is 18.2 Å². The highest BCUT2D eigenvalue weighted by Crippen LogP contribution is 2.20. The first-order chi connectivity index (χ1) is 7.67. The summed E-state index contributed by atoms with van der Waals surface area (Å²) in [6, 6.07) is 6.25. The van der Waals surface area contributed by atoms with E-state index < -0.39 is 0 Å². The Bertz CT molecular complexity index is 328. The van der Waals surface area contributed by atoms with Crippen molar-refractivity contribution in [3.63, 3.8) is 0 Å². The van der Waals surface area contributed by atoms with Gasteiger partial charge in [-0.1, -0.05) is 17.7 Å². The lowest BCUT2D eigenvalue weighted by Gasteiger charge is -2.16. The summed E-state index contributed by atoms with van der Waals surface area (Å²) in [5.74, 6) is 6.22. The van der Waals surface area contributed by atoms with Gasteiger partial charge in [-0.25, -0.2) is 5.43 Å². The van der Waals surface area contributed by atoms with E-state index in [1.807, 2.05) is 13.1 Å². The zero-order chi connectivity index (χ0) is 12.0. The summed E-state index contributed by atoms with van der Waals surface area (Å²) in [6.45, 7) is 3.73. The Labute approximate surface area is 97.4 Å². The lowest BCUT2D eigenvalue weighted by atomic mass is 10.1. The number of nitrogens with one attached hydrogen (secondary N) is 1. The van der Waals surface area contributed by atoms with Crippen molar-refractivity contribution >= 4 is 0 Å². The van der Waals surface area contributed by atoms with Crippen LogP contribution in [0.2, 0.25) is 0 Å². The molecule has 0 heterocycles. The molecule has 90 valence electrons. The Balaban J connectivity index is 2.61. The number of hydrazine groups is 1. The minimum absolute atomic E-state index is 0.689. The van der Waals surface area contributed by atoms with Gasteiger partial charge in [-0.2, -0.15) is 0 Å². The van der Waals surface area contributed by atoms with Gasteiger partial charge in [0, 0.05) is 6.54 Å². The first-order valence-electron chi connectivity index (χ1n) is 5.43. The van der Waals surface area contributed by atoms with Crippen LogP contribution in [0.4, 0.5) is 0 Å². The van der Waals surface area contributed by atoms with Gasteiger partial charge < -0.3 is 4.74 Å². The van der Waals surface area contributed by atoms with Crippen LogP contribution < -0.4 is 16.0 Å². The van der Waals surface area contributed by atoms with E-state index in [1.54, 1.807) is 7.11 Å². The van der Waals surface area contributed by atoms with E-state index in [4.69, 9.17) is 10.6 Å². The highest BCUT2D eigenvalue weighted by atomic mass is 16.5. The third-order valence-corrected chi connectivity index (χ3v) is 2.56. The molecular weight excluding hydrogens is 202 g/mol. The van der Waals surface area contributed by atoms with E-state index in [0.717, 1.165) is 18.7 Å². The number of ether oxygens (including phenoxy) is 1. The Morgan fingerprint density at radius 2 is 2.19 bits per heavy atom. The van der Waals surface area contributed by atoms with E-state index in [9.17, 15) is 0 Å². The van der Waals surface area contributed by atoms with Gasteiger partial charge >= 0.3 is 0 Å². The molecule has 0 spiro atoms. The minimum atomic E-state index is 0.689. The van der Waals surface area contributed by atoms with Gasteiger partial charge in [0.05, 0.1) is 13.8 Å². The van der Waals surface area contributed by atoms with Crippen molar-refractivity contribution in [2.24, 2.45) is 5.84 Å². The maximum absolute atomic E-state index is 5.33. The van der Waals surface area contributed by atoms with E-state index in [1.165, 1.54) is 11.1 Å². The summed E-state index contributed by atoms with van der Waals surface area (Å²) in [7, 11) is 3.74. The molecule has 4 heteroatoms. The van der Waals surface area contributed by atoms with Crippen LogP contribution in [0.1, 0.15) is 11.1 Å². The van der Waals surface area contributed by atoms with Gasteiger partial charge in [0.25, 0.3) is 0 Å². The van der Waals surface area contributed by atoms with Crippen LogP contribution in [-0.4, -0.2) is 32.3 Å². The summed E-state index contributed by atoms with van der Waals surface area (Å²) >= 11 is 0. The molecule has 3 N–H and O–H groups in total. The van der Waals surface area contributed by atoms with Crippen LogP contribution >= 0.6 is 0 Å². The fraction of sp³-hybridized carbons (Fsp3) is 0.500. The summed E-state index contributed by atoms with van der Waals surface area (Å²) < 4.78 is 5.33. The zero-order valence-electron chi connectivity index (χ0n) is 10.3. The first-order valence-corrected chi connectivity index (χ1v) is 5.43. The van der Waals surface area contributed by atoms with Crippen LogP contribution in [0.5, 0.6) is 5.75 Å². The maximum Gasteiger partial charge on any atom is 0.122 e. The van der Waals surface area contributed by atoms with Crippen molar-refractivity contribution in [1.29, 1.82) is 0 Å². The maximum atomic E-state index is 5.33. The average molecular weight is 223 g/mol. The number of rotatable bonds is 6. The number of nitrogens with zero attached hydrogens (tertiary/aromatic N) is 1. The van der Waals surface area contributed by atoms with Crippen molar-refractivity contribution in [2.75, 3.05) is 27.4 Å². The van der Waals surface area contributed by atoms with Crippen LogP contribution in [-0.2, 0) is 6.42 Å². The summed E-state index contributed by atoms with van der Waals surface area (Å²) in [5.41, 5.74) is 5.14. The molecule has 0 unspecified atom stereocenters. The largest absolute Gasteiger partial charge is 0.496 e. The number of nitrogens with two attached hydrogens (primary N) is 1. The molecule has 0 aromatic heterocycles. The Morgan fingerprint density at radius 3 is 2.81 bits per heavy atom. The molecule has 1 aromatic carbocycles.